The Hall–Kier alpha value is -2.62. The van der Waals surface area contributed by atoms with Gasteiger partial charge in [0.05, 0.1) is 24.1 Å². The van der Waals surface area contributed by atoms with Gasteiger partial charge in [-0.05, 0) is 75.0 Å². The minimum Gasteiger partial charge on any atom is -0.493 e. The Kier molecular flexibility index (Phi) is 6.73. The Morgan fingerprint density at radius 1 is 1.28 bits per heavy atom. The molecule has 1 aliphatic heterocycles. The van der Waals surface area contributed by atoms with E-state index in [2.05, 4.69) is 34.3 Å². The summed E-state index contributed by atoms with van der Waals surface area (Å²) in [7, 11) is 1.92. The van der Waals surface area contributed by atoms with Gasteiger partial charge in [-0.3, -0.25) is 0 Å². The van der Waals surface area contributed by atoms with Gasteiger partial charge in [-0.15, -0.1) is 12.4 Å². The zero-order valence-electron chi connectivity index (χ0n) is 16.8. The van der Waals surface area contributed by atoms with Gasteiger partial charge in [0.1, 0.15) is 17.3 Å². The van der Waals surface area contributed by atoms with Crippen LogP contribution < -0.4 is 10.1 Å². The van der Waals surface area contributed by atoms with Crippen LogP contribution in [0.15, 0.2) is 30.6 Å². The van der Waals surface area contributed by atoms with E-state index >= 15 is 0 Å². The molecule has 4 rings (SSSR count). The lowest BCUT2D eigenvalue weighted by Crippen LogP contribution is -2.28. The van der Waals surface area contributed by atoms with E-state index < -0.39 is 0 Å². The molecule has 0 bridgehead atoms. The predicted octanol–water partition coefficient (Wildman–Crippen LogP) is 4.01. The first-order valence-corrected chi connectivity index (χ1v) is 9.82. The van der Waals surface area contributed by atoms with Crippen molar-refractivity contribution in [2.45, 2.75) is 26.2 Å². The first kappa shape index (κ1) is 21.1. The van der Waals surface area contributed by atoms with Crippen molar-refractivity contribution in [3.05, 3.63) is 41.9 Å². The van der Waals surface area contributed by atoms with Gasteiger partial charge in [0.15, 0.2) is 5.69 Å². The second-order valence-electron chi connectivity index (χ2n) is 7.50. The van der Waals surface area contributed by atoms with Crippen molar-refractivity contribution in [2.24, 2.45) is 13.0 Å². The van der Waals surface area contributed by atoms with Crippen LogP contribution in [0.3, 0.4) is 0 Å². The van der Waals surface area contributed by atoms with Crippen molar-refractivity contribution < 1.29 is 4.74 Å². The molecule has 1 aliphatic rings. The molecule has 0 radical (unpaired) electrons. The monoisotopic (exact) mass is 411 g/mol. The maximum Gasteiger partial charge on any atom is 0.169 e. The summed E-state index contributed by atoms with van der Waals surface area (Å²) in [6, 6.07) is 10.2. The van der Waals surface area contributed by atoms with Crippen LogP contribution in [0, 0.1) is 24.2 Å². The number of hydrogen-bond donors (Lipinski definition) is 1. The van der Waals surface area contributed by atoms with Gasteiger partial charge in [0.25, 0.3) is 0 Å². The zero-order chi connectivity index (χ0) is 19.5. The summed E-state index contributed by atoms with van der Waals surface area (Å²) in [6.45, 7) is 5.05. The molecule has 1 fully saturated rings. The minimum absolute atomic E-state index is 0. The van der Waals surface area contributed by atoms with Gasteiger partial charge in [-0.25, -0.2) is 9.97 Å². The number of imidazole rings is 1. The van der Waals surface area contributed by atoms with Crippen molar-refractivity contribution in [2.75, 3.05) is 19.7 Å². The van der Waals surface area contributed by atoms with Crippen LogP contribution in [0.25, 0.3) is 22.3 Å². The topological polar surface area (TPSA) is 75.8 Å². The molecule has 7 heteroatoms. The quantitative estimate of drug-likeness (QED) is 0.686. The molecule has 0 atom stereocenters. The predicted molar refractivity (Wildman–Crippen MR) is 116 cm³/mol. The van der Waals surface area contributed by atoms with E-state index in [0.717, 1.165) is 60.1 Å². The lowest BCUT2D eigenvalue weighted by Gasteiger charge is -2.22. The first-order chi connectivity index (χ1) is 13.7. The molecule has 3 aromatic rings. The summed E-state index contributed by atoms with van der Waals surface area (Å²) in [4.78, 5) is 8.80. The number of benzene rings is 1. The van der Waals surface area contributed by atoms with Gasteiger partial charge in [-0.2, -0.15) is 5.26 Å². The largest absolute Gasteiger partial charge is 0.493 e. The lowest BCUT2D eigenvalue weighted by atomic mass is 9.95. The fraction of sp³-hybridized carbons (Fsp3) is 0.409. The third kappa shape index (κ3) is 4.52. The van der Waals surface area contributed by atoms with Crippen LogP contribution in [-0.2, 0) is 7.05 Å². The zero-order valence-corrected chi connectivity index (χ0v) is 17.6. The van der Waals surface area contributed by atoms with Gasteiger partial charge < -0.3 is 14.6 Å². The summed E-state index contributed by atoms with van der Waals surface area (Å²) < 4.78 is 7.95. The molecule has 1 aromatic carbocycles. The molecule has 29 heavy (non-hydrogen) atoms. The van der Waals surface area contributed by atoms with E-state index in [9.17, 15) is 5.26 Å². The average Bonchev–Trinajstić information content (AvgIpc) is 3.10. The fourth-order valence-corrected chi connectivity index (χ4v) is 3.83. The number of ether oxygens (including phenoxy) is 1. The summed E-state index contributed by atoms with van der Waals surface area (Å²) in [5.74, 6) is 1.68. The van der Waals surface area contributed by atoms with E-state index in [1.54, 1.807) is 6.33 Å². The Morgan fingerprint density at radius 3 is 2.79 bits per heavy atom. The molecule has 0 aliphatic carbocycles. The van der Waals surface area contributed by atoms with Crippen molar-refractivity contribution >= 4 is 23.4 Å². The summed E-state index contributed by atoms with van der Waals surface area (Å²) >= 11 is 0. The average molecular weight is 412 g/mol. The number of aryl methyl sites for hydroxylation is 2. The second-order valence-corrected chi connectivity index (χ2v) is 7.50. The number of fused-ring (bicyclic) bond motifs is 1. The molecule has 152 valence electrons. The van der Waals surface area contributed by atoms with Crippen molar-refractivity contribution in [3.8, 4) is 23.1 Å². The van der Waals surface area contributed by atoms with Crippen LogP contribution in [0.4, 0.5) is 0 Å². The number of pyridine rings is 1. The smallest absolute Gasteiger partial charge is 0.169 e. The SMILES string of the molecule is Cc1cc(-c2cc3c(ncn3C)c(C#N)n2)ccc1OCCC1CCNCC1.Cl. The van der Waals surface area contributed by atoms with Gasteiger partial charge in [-0.1, -0.05) is 0 Å². The van der Waals surface area contributed by atoms with Gasteiger partial charge in [0.2, 0.25) is 0 Å². The van der Waals surface area contributed by atoms with E-state index in [1.807, 2.05) is 29.8 Å². The molecule has 6 nitrogen and oxygen atoms in total. The van der Waals surface area contributed by atoms with Crippen molar-refractivity contribution in [3.63, 3.8) is 0 Å². The summed E-state index contributed by atoms with van der Waals surface area (Å²) in [5, 5.41) is 12.8. The van der Waals surface area contributed by atoms with E-state index in [0.29, 0.717) is 11.2 Å². The van der Waals surface area contributed by atoms with E-state index in [1.165, 1.54) is 12.8 Å². The number of nitriles is 1. The van der Waals surface area contributed by atoms with E-state index in [-0.39, 0.29) is 12.4 Å². The number of halogens is 1. The lowest BCUT2D eigenvalue weighted by molar-refractivity contribution is 0.251. The summed E-state index contributed by atoms with van der Waals surface area (Å²) in [5.41, 5.74) is 4.73. The third-order valence-corrected chi connectivity index (χ3v) is 5.53. The Bertz CT molecular complexity index is 1030. The highest BCUT2D eigenvalue weighted by Crippen LogP contribution is 2.28. The first-order valence-electron chi connectivity index (χ1n) is 9.82. The van der Waals surface area contributed by atoms with Gasteiger partial charge >= 0.3 is 0 Å². The Morgan fingerprint density at radius 2 is 2.07 bits per heavy atom. The third-order valence-electron chi connectivity index (χ3n) is 5.53. The van der Waals surface area contributed by atoms with Crippen molar-refractivity contribution in [1.82, 2.24) is 19.9 Å². The number of nitrogens with one attached hydrogen (secondary N) is 1. The van der Waals surface area contributed by atoms with Crippen molar-refractivity contribution in [1.29, 1.82) is 5.26 Å². The summed E-state index contributed by atoms with van der Waals surface area (Å²) in [6.07, 6.45) is 5.30. The highest BCUT2D eigenvalue weighted by molar-refractivity contribution is 5.85. The molecular weight excluding hydrogens is 386 g/mol. The van der Waals surface area contributed by atoms with Crippen LogP contribution in [0.2, 0.25) is 0 Å². The van der Waals surface area contributed by atoms with Crippen LogP contribution in [0.5, 0.6) is 5.75 Å². The molecule has 2 aromatic heterocycles. The standard InChI is InChI=1S/C22H25N5O.ClH/c1-15-11-17(3-4-21(15)28-10-7-16-5-8-24-9-6-16)18-12-20-22(19(13-23)26-18)25-14-27(20)2;/h3-4,11-12,14,16,24H,5-10H2,1-2H3;1H. The van der Waals surface area contributed by atoms with Crippen LogP contribution >= 0.6 is 12.4 Å². The highest BCUT2D eigenvalue weighted by Gasteiger charge is 2.14. The molecule has 0 saturated carbocycles. The van der Waals surface area contributed by atoms with E-state index in [4.69, 9.17) is 4.74 Å². The number of hydrogen-bond acceptors (Lipinski definition) is 5. The molecule has 0 spiro atoms. The number of aromatic nitrogens is 3. The molecule has 1 saturated heterocycles. The molecular formula is C22H26ClN5O. The Labute approximate surface area is 177 Å². The second kappa shape index (κ2) is 9.25. The molecule has 0 amide bonds. The maximum atomic E-state index is 9.43. The maximum absolute atomic E-state index is 9.43. The molecule has 0 unspecified atom stereocenters. The minimum atomic E-state index is 0. The van der Waals surface area contributed by atoms with Crippen LogP contribution in [0.1, 0.15) is 30.5 Å². The number of rotatable bonds is 5. The number of piperidine rings is 1. The van der Waals surface area contributed by atoms with Gasteiger partial charge in [0, 0.05) is 12.6 Å². The normalized spacial score (nSPS) is 14.4. The Balaban J connectivity index is 0.00000240. The highest BCUT2D eigenvalue weighted by atomic mass is 35.5. The molecule has 3 heterocycles. The fourth-order valence-electron chi connectivity index (χ4n) is 3.83. The number of nitrogens with zero attached hydrogens (tertiary/aromatic N) is 4. The molecule has 1 N–H and O–H groups in total. The van der Waals surface area contributed by atoms with Crippen LogP contribution in [-0.4, -0.2) is 34.2 Å².